The van der Waals surface area contributed by atoms with Gasteiger partial charge >= 0.3 is 6.03 Å². The second-order valence-corrected chi connectivity index (χ2v) is 13.1. The first-order chi connectivity index (χ1) is 20.3. The van der Waals surface area contributed by atoms with Crippen LogP contribution in [0.25, 0.3) is 0 Å². The van der Waals surface area contributed by atoms with Crippen LogP contribution in [0.4, 0.5) is 16.2 Å². The highest BCUT2D eigenvalue weighted by atomic mass is 32.2. The number of benzene rings is 3. The minimum atomic E-state index is -3.75. The van der Waals surface area contributed by atoms with E-state index >= 15 is 0 Å². The summed E-state index contributed by atoms with van der Waals surface area (Å²) in [5, 5.41) is 8.82. The van der Waals surface area contributed by atoms with Crippen LogP contribution in [-0.2, 0) is 21.2 Å². The lowest BCUT2D eigenvalue weighted by Crippen LogP contribution is -2.60. The van der Waals surface area contributed by atoms with E-state index in [0.717, 1.165) is 30.4 Å². The summed E-state index contributed by atoms with van der Waals surface area (Å²) in [5.41, 5.74) is 1.92. The highest BCUT2D eigenvalue weighted by molar-refractivity contribution is 7.92. The van der Waals surface area contributed by atoms with Crippen LogP contribution in [0.5, 0.6) is 0 Å². The Labute approximate surface area is 256 Å². The lowest BCUT2D eigenvalue weighted by Gasteiger charge is -2.47. The number of amides is 3. The number of hydrogen-bond donors (Lipinski definition) is 4. The van der Waals surface area contributed by atoms with E-state index in [9.17, 15) is 18.0 Å². The fourth-order valence-corrected chi connectivity index (χ4v) is 6.48. The van der Waals surface area contributed by atoms with Gasteiger partial charge in [-0.2, -0.15) is 0 Å². The zero-order valence-electron chi connectivity index (χ0n) is 25.7. The summed E-state index contributed by atoms with van der Waals surface area (Å²) in [4.78, 5) is 27.0. The van der Waals surface area contributed by atoms with Crippen LogP contribution in [0.2, 0.25) is 0 Å². The number of anilines is 2. The van der Waals surface area contributed by atoms with Crippen molar-refractivity contribution in [3.63, 3.8) is 0 Å². The van der Waals surface area contributed by atoms with E-state index in [4.69, 9.17) is 0 Å². The molecule has 9 heteroatoms. The van der Waals surface area contributed by atoms with Crippen molar-refractivity contribution in [1.82, 2.24) is 10.6 Å². The van der Waals surface area contributed by atoms with Crippen LogP contribution in [0, 0.1) is 12.3 Å². The number of urea groups is 1. The summed E-state index contributed by atoms with van der Waals surface area (Å²) in [5.74, 6) is -0.278. The molecule has 0 unspecified atom stereocenters. The number of carbonyl (C=O) groups is 2. The maximum atomic E-state index is 13.7. The van der Waals surface area contributed by atoms with E-state index < -0.39 is 27.6 Å². The van der Waals surface area contributed by atoms with Gasteiger partial charge < -0.3 is 16.0 Å². The number of hydrogen-bond acceptors (Lipinski definition) is 4. The maximum absolute atomic E-state index is 13.7. The van der Waals surface area contributed by atoms with E-state index in [2.05, 4.69) is 41.1 Å². The van der Waals surface area contributed by atoms with Gasteiger partial charge in [-0.15, -0.1) is 6.58 Å². The molecule has 0 fully saturated rings. The van der Waals surface area contributed by atoms with E-state index in [1.807, 2.05) is 57.2 Å². The molecule has 0 bridgehead atoms. The molecule has 3 rings (SSSR count). The van der Waals surface area contributed by atoms with Gasteiger partial charge in [0.15, 0.2) is 0 Å². The van der Waals surface area contributed by atoms with Gasteiger partial charge in [-0.05, 0) is 87.4 Å². The molecular weight excluding hydrogens is 560 g/mol. The number of carbonyl (C=O) groups excluding carboxylic acids is 2. The van der Waals surface area contributed by atoms with Gasteiger partial charge in [-0.3, -0.25) is 9.52 Å². The highest BCUT2D eigenvalue weighted by Crippen LogP contribution is 2.42. The van der Waals surface area contributed by atoms with Crippen molar-refractivity contribution < 1.29 is 18.0 Å². The zero-order valence-corrected chi connectivity index (χ0v) is 26.6. The Kier molecular flexibility index (Phi) is 11.2. The molecule has 0 saturated carbocycles. The molecule has 3 amide bonds. The van der Waals surface area contributed by atoms with Crippen molar-refractivity contribution >= 4 is 33.3 Å². The molecule has 0 radical (unpaired) electrons. The van der Waals surface area contributed by atoms with Crippen LogP contribution in [0.1, 0.15) is 58.1 Å². The minimum absolute atomic E-state index is 0.158. The van der Waals surface area contributed by atoms with Crippen molar-refractivity contribution in [2.75, 3.05) is 10.0 Å². The number of sulfonamides is 1. The van der Waals surface area contributed by atoms with Gasteiger partial charge in [-0.25, -0.2) is 13.2 Å². The third-order valence-corrected chi connectivity index (χ3v) is 9.68. The van der Waals surface area contributed by atoms with Gasteiger partial charge in [-0.1, -0.05) is 68.0 Å². The summed E-state index contributed by atoms with van der Waals surface area (Å²) in [6, 6.07) is 21.0. The first kappa shape index (κ1) is 33.4. The summed E-state index contributed by atoms with van der Waals surface area (Å²) >= 11 is 0. The first-order valence-electron chi connectivity index (χ1n) is 14.6. The lowest BCUT2D eigenvalue weighted by molar-refractivity contribution is -0.126. The molecule has 0 aliphatic rings. The van der Waals surface area contributed by atoms with Crippen molar-refractivity contribution in [2.45, 2.75) is 76.8 Å². The molecule has 3 aromatic rings. The molecule has 0 aliphatic heterocycles. The van der Waals surface area contributed by atoms with E-state index in [1.54, 1.807) is 48.5 Å². The molecule has 8 nitrogen and oxygen atoms in total. The predicted molar refractivity (Wildman–Crippen MR) is 175 cm³/mol. The number of aryl methyl sites for hydroxylation is 1. The fourth-order valence-electron chi connectivity index (χ4n) is 5.42. The summed E-state index contributed by atoms with van der Waals surface area (Å²) in [6.07, 6.45) is 4.67. The molecule has 0 aromatic heterocycles. The molecule has 4 N–H and O–H groups in total. The van der Waals surface area contributed by atoms with Crippen LogP contribution in [-0.4, -0.2) is 31.9 Å². The average molecular weight is 605 g/mol. The normalized spacial score (nSPS) is 12.6. The van der Waals surface area contributed by atoms with Crippen LogP contribution in [0.3, 0.4) is 0 Å². The maximum Gasteiger partial charge on any atom is 0.319 e. The molecule has 1 atom stereocenters. The fraction of sp³-hybridized carbons (Fsp3) is 0.353. The topological polar surface area (TPSA) is 116 Å². The Hall–Kier alpha value is -4.11. The lowest BCUT2D eigenvalue weighted by atomic mass is 9.65. The van der Waals surface area contributed by atoms with E-state index in [1.165, 1.54) is 0 Å². The van der Waals surface area contributed by atoms with Crippen LogP contribution >= 0.6 is 0 Å². The molecular formula is C34H44N4O4S. The molecule has 0 heterocycles. The third kappa shape index (κ3) is 8.70. The zero-order chi connectivity index (χ0) is 31.7. The molecule has 43 heavy (non-hydrogen) atoms. The molecule has 0 saturated heterocycles. The van der Waals surface area contributed by atoms with Crippen molar-refractivity contribution in [2.24, 2.45) is 5.41 Å². The van der Waals surface area contributed by atoms with E-state index in [0.29, 0.717) is 17.8 Å². The Morgan fingerprint density at radius 1 is 0.884 bits per heavy atom. The monoisotopic (exact) mass is 604 g/mol. The van der Waals surface area contributed by atoms with Crippen LogP contribution < -0.4 is 20.7 Å². The molecule has 3 aromatic carbocycles. The Balaban J connectivity index is 1.73. The number of allylic oxidation sites excluding steroid dienone is 1. The molecule has 230 valence electrons. The Bertz CT molecular complexity index is 1480. The standard InChI is InChI=1S/C34H44N4O4S/c1-7-23-34(8-2,9-3)33(5,6)37-31(39)30(24-26-13-11-10-12-14-26)36-32(40)35-27-17-19-28(20-18-27)38-43(41,42)29-21-15-25(4)16-22-29/h7,10-22,30,38H,1,8-9,23-24H2,2-6H3,(H,37,39)(H2,35,36,40)/t30-/m1/s1. The quantitative estimate of drug-likeness (QED) is 0.151. The third-order valence-electron chi connectivity index (χ3n) is 8.28. The summed E-state index contributed by atoms with van der Waals surface area (Å²) < 4.78 is 28.0. The summed E-state index contributed by atoms with van der Waals surface area (Å²) in [7, 11) is -3.75. The minimum Gasteiger partial charge on any atom is -0.349 e. The van der Waals surface area contributed by atoms with Crippen molar-refractivity contribution in [1.29, 1.82) is 0 Å². The predicted octanol–water partition coefficient (Wildman–Crippen LogP) is 6.81. The largest absolute Gasteiger partial charge is 0.349 e. The molecule has 0 aliphatic carbocycles. The van der Waals surface area contributed by atoms with Gasteiger partial charge in [0, 0.05) is 23.3 Å². The number of rotatable bonds is 14. The van der Waals surface area contributed by atoms with Gasteiger partial charge in [0.1, 0.15) is 6.04 Å². The van der Waals surface area contributed by atoms with Crippen molar-refractivity contribution in [3.05, 3.63) is 103 Å². The smallest absolute Gasteiger partial charge is 0.319 e. The SMILES string of the molecule is C=CCC(CC)(CC)C(C)(C)NC(=O)[C@@H](Cc1ccccc1)NC(=O)Nc1ccc(NS(=O)(=O)c2ccc(C)cc2)cc1. The molecule has 0 spiro atoms. The van der Waals surface area contributed by atoms with Crippen LogP contribution in [0.15, 0.2) is 96.4 Å². The highest BCUT2D eigenvalue weighted by Gasteiger charge is 2.43. The second kappa shape index (κ2) is 14.4. The second-order valence-electron chi connectivity index (χ2n) is 11.4. The van der Waals surface area contributed by atoms with Gasteiger partial charge in [0.2, 0.25) is 5.91 Å². The van der Waals surface area contributed by atoms with E-state index in [-0.39, 0.29) is 16.2 Å². The Morgan fingerprint density at radius 3 is 2.02 bits per heavy atom. The number of nitrogens with one attached hydrogen (secondary N) is 4. The summed E-state index contributed by atoms with van der Waals surface area (Å²) in [6.45, 7) is 14.1. The van der Waals surface area contributed by atoms with Gasteiger partial charge in [0.05, 0.1) is 4.90 Å². The van der Waals surface area contributed by atoms with Crippen molar-refractivity contribution in [3.8, 4) is 0 Å². The Morgan fingerprint density at radius 2 is 1.47 bits per heavy atom. The van der Waals surface area contributed by atoms with Gasteiger partial charge in [0.25, 0.3) is 10.0 Å². The first-order valence-corrected chi connectivity index (χ1v) is 16.1. The average Bonchev–Trinajstić information content (AvgIpc) is 2.97.